The van der Waals surface area contributed by atoms with Crippen molar-refractivity contribution in [3.05, 3.63) is 131 Å². The van der Waals surface area contributed by atoms with Gasteiger partial charge in [0.15, 0.2) is 0 Å². The lowest BCUT2D eigenvalue weighted by atomic mass is 10.1. The predicted molar refractivity (Wildman–Crippen MR) is 234 cm³/mol. The molecule has 0 nitrogen and oxygen atoms in total. The Hall–Kier alpha value is -3.00. The van der Waals surface area contributed by atoms with Gasteiger partial charge in [-0.3, -0.25) is 0 Å². The third-order valence-corrected chi connectivity index (χ3v) is 19.7. The standard InChI is InChI=1S/C40H22S10/c1-5-27(41-17-1)31-11-9-25(45-31)23-21-37(35-15-13-33(47-35)29-7-3-19-43-29)49-39(23)40-24(26-10-12-32(46-26)28-6-2-18-42-28)22-38(50-40)36-16-14-34(48-36)30-8-4-20-44-30/h1-22H. The van der Waals surface area contributed by atoms with Crippen molar-refractivity contribution >= 4 is 113 Å². The van der Waals surface area contributed by atoms with Crippen LogP contribution < -0.4 is 0 Å². The normalized spacial score (nSPS) is 11.6. The molecule has 0 aliphatic heterocycles. The Labute approximate surface area is 329 Å². The van der Waals surface area contributed by atoms with E-state index < -0.39 is 0 Å². The highest BCUT2D eigenvalue weighted by molar-refractivity contribution is 7.32. The van der Waals surface area contributed by atoms with Gasteiger partial charge in [-0.05, 0) is 106 Å². The first-order valence-electron chi connectivity index (χ1n) is 15.6. The number of hydrogen-bond donors (Lipinski definition) is 0. The van der Waals surface area contributed by atoms with E-state index in [1.165, 1.54) is 89.2 Å². The number of thiophene rings is 10. The van der Waals surface area contributed by atoms with Crippen molar-refractivity contribution in [2.24, 2.45) is 0 Å². The molecule has 0 fully saturated rings. The third kappa shape index (κ3) is 5.95. The number of rotatable bonds is 9. The second-order valence-electron chi connectivity index (χ2n) is 11.3. The van der Waals surface area contributed by atoms with Crippen LogP contribution in [-0.2, 0) is 0 Å². The molecule has 0 unspecified atom stereocenters. The van der Waals surface area contributed by atoms with Crippen LogP contribution in [0.4, 0.5) is 0 Å². The van der Waals surface area contributed by atoms with Gasteiger partial charge in [0.25, 0.3) is 0 Å². The van der Waals surface area contributed by atoms with Crippen molar-refractivity contribution in [2.75, 3.05) is 0 Å². The average molecular weight is 823 g/mol. The van der Waals surface area contributed by atoms with E-state index in [0.717, 1.165) is 0 Å². The summed E-state index contributed by atoms with van der Waals surface area (Å²) in [6, 6.07) is 40.9. The monoisotopic (exact) mass is 822 g/mol. The summed E-state index contributed by atoms with van der Waals surface area (Å²) < 4.78 is 0. The van der Waals surface area contributed by atoms with Crippen LogP contribution in [0.5, 0.6) is 0 Å². The van der Waals surface area contributed by atoms with E-state index in [1.54, 1.807) is 0 Å². The second kappa shape index (κ2) is 13.5. The van der Waals surface area contributed by atoms with Crippen LogP contribution in [0.25, 0.3) is 89.2 Å². The molecule has 10 aromatic rings. The first-order valence-corrected chi connectivity index (χ1v) is 24.0. The van der Waals surface area contributed by atoms with Gasteiger partial charge in [-0.15, -0.1) is 113 Å². The van der Waals surface area contributed by atoms with Gasteiger partial charge in [0.1, 0.15) is 0 Å². The highest BCUT2D eigenvalue weighted by Crippen LogP contribution is 2.55. The van der Waals surface area contributed by atoms with E-state index >= 15 is 0 Å². The highest BCUT2D eigenvalue weighted by Gasteiger charge is 2.24. The van der Waals surface area contributed by atoms with Crippen molar-refractivity contribution in [1.29, 1.82) is 0 Å². The van der Waals surface area contributed by atoms with E-state index in [-0.39, 0.29) is 0 Å². The Morgan fingerprint density at radius 1 is 0.240 bits per heavy atom. The molecular weight excluding hydrogens is 801 g/mol. The van der Waals surface area contributed by atoms with Gasteiger partial charge in [0.2, 0.25) is 0 Å². The molecule has 10 aromatic heterocycles. The quantitative estimate of drug-likeness (QED) is 0.136. The summed E-state index contributed by atoms with van der Waals surface area (Å²) in [6.07, 6.45) is 0. The number of hydrogen-bond acceptors (Lipinski definition) is 10. The van der Waals surface area contributed by atoms with Crippen molar-refractivity contribution in [2.45, 2.75) is 0 Å². The van der Waals surface area contributed by atoms with E-state index in [1.807, 2.05) is 113 Å². The maximum atomic E-state index is 2.46. The Kier molecular flexibility index (Phi) is 8.58. The fourth-order valence-electron chi connectivity index (χ4n) is 5.84. The molecule has 0 aliphatic carbocycles. The van der Waals surface area contributed by atoms with Gasteiger partial charge >= 0.3 is 0 Å². The van der Waals surface area contributed by atoms with Gasteiger partial charge in [-0.25, -0.2) is 0 Å². The third-order valence-electron chi connectivity index (χ3n) is 8.17. The largest absolute Gasteiger partial charge is 0.143 e. The lowest BCUT2D eigenvalue weighted by molar-refractivity contribution is 1.83. The second-order valence-corrected chi connectivity index (χ2v) is 21.5. The SMILES string of the molecule is c1csc(-c2ccc(-c3cc(-c4ccc(-c5cccs5)s4)c(-c4sc(-c5ccc(-c6cccs6)s5)cc4-c4ccc(-c5cccs5)s4)s3)s2)c1. The first-order chi connectivity index (χ1) is 24.7. The highest BCUT2D eigenvalue weighted by atomic mass is 32.1. The summed E-state index contributed by atoms with van der Waals surface area (Å²) in [5.41, 5.74) is 2.66. The minimum Gasteiger partial charge on any atom is -0.143 e. The lowest BCUT2D eigenvalue weighted by Crippen LogP contribution is -1.75. The van der Waals surface area contributed by atoms with Crippen LogP contribution in [0.15, 0.2) is 131 Å². The summed E-state index contributed by atoms with van der Waals surface area (Å²) >= 11 is 18.8. The fourth-order valence-corrected chi connectivity index (χ4v) is 16.0. The minimum absolute atomic E-state index is 1.32. The molecule has 0 spiro atoms. The maximum Gasteiger partial charge on any atom is 0.0542 e. The van der Waals surface area contributed by atoms with Crippen molar-refractivity contribution < 1.29 is 0 Å². The molecule has 10 heteroatoms. The Balaban J connectivity index is 1.15. The molecule has 0 atom stereocenters. The van der Waals surface area contributed by atoms with E-state index in [4.69, 9.17) is 0 Å². The molecule has 50 heavy (non-hydrogen) atoms. The average Bonchev–Trinajstić information content (AvgIpc) is 4.01. The van der Waals surface area contributed by atoms with Gasteiger partial charge in [0, 0.05) is 79.4 Å². The zero-order chi connectivity index (χ0) is 33.0. The summed E-state index contributed by atoms with van der Waals surface area (Å²) in [5, 5.41) is 8.67. The molecule has 0 radical (unpaired) electrons. The van der Waals surface area contributed by atoms with E-state index in [9.17, 15) is 0 Å². The molecule has 0 saturated heterocycles. The summed E-state index contributed by atoms with van der Waals surface area (Å²) in [5.74, 6) is 0. The van der Waals surface area contributed by atoms with E-state index in [2.05, 4.69) is 131 Å². The summed E-state index contributed by atoms with van der Waals surface area (Å²) in [7, 11) is 0. The molecule has 0 N–H and O–H groups in total. The Morgan fingerprint density at radius 3 is 0.820 bits per heavy atom. The van der Waals surface area contributed by atoms with Crippen LogP contribution in [-0.4, -0.2) is 0 Å². The fraction of sp³-hybridized carbons (Fsp3) is 0. The maximum absolute atomic E-state index is 2.46. The van der Waals surface area contributed by atoms with Crippen molar-refractivity contribution in [3.63, 3.8) is 0 Å². The van der Waals surface area contributed by atoms with Crippen molar-refractivity contribution in [1.82, 2.24) is 0 Å². The van der Waals surface area contributed by atoms with Gasteiger partial charge in [-0.2, -0.15) is 0 Å². The Bertz CT molecular complexity index is 2450. The molecule has 0 amide bonds. The lowest BCUT2D eigenvalue weighted by Gasteiger charge is -2.03. The minimum atomic E-state index is 1.32. The van der Waals surface area contributed by atoms with Gasteiger partial charge < -0.3 is 0 Å². The van der Waals surface area contributed by atoms with Crippen LogP contribution in [0.1, 0.15) is 0 Å². The van der Waals surface area contributed by atoms with Crippen LogP contribution in [0.2, 0.25) is 0 Å². The van der Waals surface area contributed by atoms with Gasteiger partial charge in [0.05, 0.1) is 9.75 Å². The molecule has 0 saturated carbocycles. The molecule has 0 bridgehead atoms. The smallest absolute Gasteiger partial charge is 0.0542 e. The van der Waals surface area contributed by atoms with Crippen LogP contribution in [0.3, 0.4) is 0 Å². The predicted octanol–water partition coefficient (Wildman–Crippen LogP) is 17.3. The molecule has 10 rings (SSSR count). The molecule has 242 valence electrons. The molecular formula is C40H22S10. The van der Waals surface area contributed by atoms with Crippen molar-refractivity contribution in [3.8, 4) is 89.2 Å². The topological polar surface area (TPSA) is 0 Å². The van der Waals surface area contributed by atoms with Crippen LogP contribution in [0, 0.1) is 0 Å². The molecule has 0 aromatic carbocycles. The first kappa shape index (κ1) is 31.7. The van der Waals surface area contributed by atoms with Crippen LogP contribution >= 0.6 is 113 Å². The summed E-state index contributed by atoms with van der Waals surface area (Å²) in [4.78, 5) is 21.3. The molecule has 10 heterocycles. The molecule has 0 aliphatic rings. The Morgan fingerprint density at radius 2 is 0.520 bits per heavy atom. The van der Waals surface area contributed by atoms with E-state index in [0.29, 0.717) is 0 Å². The van der Waals surface area contributed by atoms with Gasteiger partial charge in [-0.1, -0.05) is 24.3 Å². The zero-order valence-corrected chi connectivity index (χ0v) is 33.9. The summed E-state index contributed by atoms with van der Waals surface area (Å²) in [6.45, 7) is 0. The zero-order valence-electron chi connectivity index (χ0n) is 25.8.